The molecule has 22 heavy (non-hydrogen) atoms. The highest BCUT2D eigenvalue weighted by atomic mass is 79.9. The number of fused-ring (bicyclic) bond motifs is 5. The highest BCUT2D eigenvalue weighted by molar-refractivity contribution is 9.10. The molecule has 0 atom stereocenters. The van der Waals surface area contributed by atoms with E-state index >= 15 is 0 Å². The van der Waals surface area contributed by atoms with Crippen molar-refractivity contribution in [2.24, 2.45) is 0 Å². The van der Waals surface area contributed by atoms with Crippen LogP contribution in [0.5, 0.6) is 0 Å². The Morgan fingerprint density at radius 2 is 1.55 bits per heavy atom. The van der Waals surface area contributed by atoms with Crippen LogP contribution in [0, 0.1) is 0 Å². The van der Waals surface area contributed by atoms with Crippen molar-refractivity contribution in [3.05, 3.63) is 58.6 Å². The molecule has 2 heterocycles. The Morgan fingerprint density at radius 3 is 2.41 bits per heavy atom. The molecule has 1 nitrogen and oxygen atoms in total. The number of hydrogen-bond acceptors (Lipinski definition) is 0. The molecule has 0 spiro atoms. The van der Waals surface area contributed by atoms with Crippen molar-refractivity contribution in [3.63, 3.8) is 0 Å². The summed E-state index contributed by atoms with van der Waals surface area (Å²) in [6.45, 7) is 1.13. The van der Waals surface area contributed by atoms with E-state index in [1.807, 2.05) is 0 Å². The molecule has 0 aliphatic carbocycles. The van der Waals surface area contributed by atoms with Crippen molar-refractivity contribution in [2.75, 3.05) is 0 Å². The van der Waals surface area contributed by atoms with Gasteiger partial charge in [0.1, 0.15) is 0 Å². The van der Waals surface area contributed by atoms with Crippen LogP contribution < -0.4 is 0 Å². The molecule has 2 heteroatoms. The standard InChI is InChI=1S/C20H16BrN/c21-19-14-8-2-1-7-13(14)18-15-9-3-4-11-17(15)22-12-6-5-10-16(19)20(18)22/h1-4,7-9,11H,5-6,10,12H2. The first-order valence-electron chi connectivity index (χ1n) is 7.96. The van der Waals surface area contributed by atoms with Crippen molar-refractivity contribution in [1.29, 1.82) is 0 Å². The molecule has 0 saturated heterocycles. The number of para-hydroxylation sites is 1. The predicted octanol–water partition coefficient (Wildman–Crippen LogP) is 6.05. The average molecular weight is 350 g/mol. The molecule has 0 unspecified atom stereocenters. The summed E-state index contributed by atoms with van der Waals surface area (Å²) in [6.07, 6.45) is 3.69. The Hall–Kier alpha value is -1.80. The van der Waals surface area contributed by atoms with E-state index < -0.39 is 0 Å². The van der Waals surface area contributed by atoms with Crippen LogP contribution in [-0.4, -0.2) is 4.57 Å². The Bertz CT molecular complexity index is 1040. The van der Waals surface area contributed by atoms with Gasteiger partial charge in [-0.3, -0.25) is 0 Å². The molecule has 4 aromatic rings. The lowest BCUT2D eigenvalue weighted by atomic mass is 9.98. The van der Waals surface area contributed by atoms with Crippen LogP contribution >= 0.6 is 15.9 Å². The lowest BCUT2D eigenvalue weighted by Crippen LogP contribution is -1.96. The van der Waals surface area contributed by atoms with Crippen LogP contribution in [0.2, 0.25) is 0 Å². The van der Waals surface area contributed by atoms with Crippen molar-refractivity contribution in [3.8, 4) is 0 Å². The lowest BCUT2D eigenvalue weighted by Gasteiger charge is -2.11. The van der Waals surface area contributed by atoms with Gasteiger partial charge in [0.2, 0.25) is 0 Å². The molecular formula is C20H16BrN. The normalized spacial score (nSPS) is 14.8. The lowest BCUT2D eigenvalue weighted by molar-refractivity contribution is 0.657. The van der Waals surface area contributed by atoms with Gasteiger partial charge in [0.15, 0.2) is 0 Å². The molecule has 0 fully saturated rings. The fourth-order valence-corrected chi connectivity index (χ4v) is 4.81. The Morgan fingerprint density at radius 1 is 0.818 bits per heavy atom. The first-order chi connectivity index (χ1) is 10.9. The number of halogens is 1. The molecular weight excluding hydrogens is 334 g/mol. The molecule has 0 bridgehead atoms. The van der Waals surface area contributed by atoms with Gasteiger partial charge < -0.3 is 4.57 Å². The topological polar surface area (TPSA) is 4.93 Å². The van der Waals surface area contributed by atoms with Crippen molar-refractivity contribution >= 4 is 48.5 Å². The van der Waals surface area contributed by atoms with Crippen LogP contribution in [0.4, 0.5) is 0 Å². The van der Waals surface area contributed by atoms with E-state index in [9.17, 15) is 0 Å². The van der Waals surface area contributed by atoms with E-state index in [2.05, 4.69) is 69.0 Å². The SMILES string of the molecule is Brc1c2c3c(c4ccccc14)c1ccccc1n3CCCC2. The van der Waals surface area contributed by atoms with Gasteiger partial charge in [-0.05, 0) is 57.6 Å². The minimum absolute atomic E-state index is 1.13. The van der Waals surface area contributed by atoms with E-state index in [1.54, 1.807) is 0 Å². The molecule has 0 amide bonds. The summed E-state index contributed by atoms with van der Waals surface area (Å²) >= 11 is 3.91. The molecule has 0 N–H and O–H groups in total. The molecule has 108 valence electrons. The van der Waals surface area contributed by atoms with Gasteiger partial charge in [0.25, 0.3) is 0 Å². The summed E-state index contributed by atoms with van der Waals surface area (Å²) < 4.78 is 3.84. The van der Waals surface area contributed by atoms with E-state index in [-0.39, 0.29) is 0 Å². The first kappa shape index (κ1) is 12.7. The Kier molecular flexibility index (Phi) is 2.66. The van der Waals surface area contributed by atoms with E-state index in [1.165, 1.54) is 55.5 Å². The summed E-state index contributed by atoms with van der Waals surface area (Å²) in [5.41, 5.74) is 4.32. The van der Waals surface area contributed by atoms with Gasteiger partial charge >= 0.3 is 0 Å². The van der Waals surface area contributed by atoms with Crippen LogP contribution in [-0.2, 0) is 13.0 Å². The van der Waals surface area contributed by atoms with Crippen molar-refractivity contribution in [2.45, 2.75) is 25.8 Å². The van der Waals surface area contributed by atoms with Crippen molar-refractivity contribution in [1.82, 2.24) is 4.57 Å². The first-order valence-corrected chi connectivity index (χ1v) is 8.75. The zero-order chi connectivity index (χ0) is 14.7. The summed E-state index contributed by atoms with van der Waals surface area (Å²) in [7, 11) is 0. The number of hydrogen-bond donors (Lipinski definition) is 0. The number of rotatable bonds is 0. The number of aryl methyl sites for hydroxylation is 2. The Labute approximate surface area is 137 Å². The largest absolute Gasteiger partial charge is 0.340 e. The number of benzene rings is 3. The van der Waals surface area contributed by atoms with Crippen LogP contribution in [0.3, 0.4) is 0 Å². The van der Waals surface area contributed by atoms with Gasteiger partial charge in [-0.1, -0.05) is 42.5 Å². The third kappa shape index (κ3) is 1.54. The second-order valence-electron chi connectivity index (χ2n) is 6.19. The summed E-state index contributed by atoms with van der Waals surface area (Å²) in [5.74, 6) is 0. The maximum absolute atomic E-state index is 3.91. The van der Waals surface area contributed by atoms with Crippen LogP contribution in [0.25, 0.3) is 32.6 Å². The molecule has 1 aromatic heterocycles. The van der Waals surface area contributed by atoms with E-state index in [0.717, 1.165) is 13.0 Å². The minimum Gasteiger partial charge on any atom is -0.340 e. The molecule has 1 aliphatic heterocycles. The summed E-state index contributed by atoms with van der Waals surface area (Å²) in [4.78, 5) is 0. The van der Waals surface area contributed by atoms with Crippen LogP contribution in [0.15, 0.2) is 53.0 Å². The molecule has 3 aromatic carbocycles. The van der Waals surface area contributed by atoms with E-state index in [0.29, 0.717) is 0 Å². The highest BCUT2D eigenvalue weighted by Gasteiger charge is 2.21. The monoisotopic (exact) mass is 349 g/mol. The van der Waals surface area contributed by atoms with E-state index in [4.69, 9.17) is 0 Å². The molecule has 1 aliphatic rings. The van der Waals surface area contributed by atoms with Gasteiger partial charge in [-0.25, -0.2) is 0 Å². The molecule has 0 radical (unpaired) electrons. The van der Waals surface area contributed by atoms with Crippen LogP contribution in [0.1, 0.15) is 18.4 Å². The zero-order valence-electron chi connectivity index (χ0n) is 12.3. The smallest absolute Gasteiger partial charge is 0.0541 e. The van der Waals surface area contributed by atoms with Gasteiger partial charge in [-0.2, -0.15) is 0 Å². The van der Waals surface area contributed by atoms with Crippen molar-refractivity contribution < 1.29 is 0 Å². The minimum atomic E-state index is 1.13. The predicted molar refractivity (Wildman–Crippen MR) is 97.6 cm³/mol. The maximum Gasteiger partial charge on any atom is 0.0541 e. The maximum atomic E-state index is 3.91. The third-order valence-electron chi connectivity index (χ3n) is 5.01. The van der Waals surface area contributed by atoms with Gasteiger partial charge in [-0.15, -0.1) is 0 Å². The average Bonchev–Trinajstić information content (AvgIpc) is 2.73. The molecule has 0 saturated carbocycles. The molecule has 5 rings (SSSR count). The summed E-state index contributed by atoms with van der Waals surface area (Å²) in [6, 6.07) is 17.7. The highest BCUT2D eigenvalue weighted by Crippen LogP contribution is 2.43. The summed E-state index contributed by atoms with van der Waals surface area (Å²) in [5, 5.41) is 5.54. The fraction of sp³-hybridized carbons (Fsp3) is 0.200. The second-order valence-corrected chi connectivity index (χ2v) is 6.98. The zero-order valence-corrected chi connectivity index (χ0v) is 13.9. The number of aromatic nitrogens is 1. The Balaban J connectivity index is 2.18. The van der Waals surface area contributed by atoms with Gasteiger partial charge in [0, 0.05) is 27.3 Å². The third-order valence-corrected chi connectivity index (χ3v) is 5.92. The second kappa shape index (κ2) is 4.60. The fourth-order valence-electron chi connectivity index (χ4n) is 4.08. The van der Waals surface area contributed by atoms with Gasteiger partial charge in [0.05, 0.1) is 5.52 Å². The quantitative estimate of drug-likeness (QED) is 0.364. The number of nitrogens with zero attached hydrogens (tertiary/aromatic N) is 1.